The lowest BCUT2D eigenvalue weighted by atomic mass is 10.3. The molecular formula is C17H16N2O3S4. The van der Waals surface area contributed by atoms with E-state index in [1.54, 1.807) is 47.0 Å². The van der Waals surface area contributed by atoms with Crippen LogP contribution < -0.4 is 20.1 Å². The summed E-state index contributed by atoms with van der Waals surface area (Å²) >= 11 is 6.43. The van der Waals surface area contributed by atoms with Crippen molar-refractivity contribution in [3.63, 3.8) is 0 Å². The molecule has 0 saturated heterocycles. The van der Waals surface area contributed by atoms with Crippen molar-refractivity contribution in [1.82, 2.24) is 10.6 Å². The van der Waals surface area contributed by atoms with Crippen molar-refractivity contribution < 1.29 is 14.3 Å². The molecule has 2 amide bonds. The Bertz CT molecular complexity index is 679. The van der Waals surface area contributed by atoms with Gasteiger partial charge in [-0.1, -0.05) is 71.3 Å². The Hall–Kier alpha value is -1.29. The van der Waals surface area contributed by atoms with Gasteiger partial charge in [-0.2, -0.15) is 0 Å². The van der Waals surface area contributed by atoms with Crippen molar-refractivity contribution >= 4 is 53.1 Å². The summed E-state index contributed by atoms with van der Waals surface area (Å²) in [6.07, 6.45) is 0. The first-order valence-electron chi connectivity index (χ1n) is 7.87. The van der Waals surface area contributed by atoms with Crippen LogP contribution in [0.2, 0.25) is 0 Å². The standard InChI is InChI=1S/C17H16N2O3S4/c20-15(18-9-23-16-21-11-5-1-3-7-13(11)25-16)19-10-24-17-22-12-6-2-4-8-14(12)26-17/h1-8,16-17H,9-10H2,(H2,18,19,20). The Kier molecular flexibility index (Phi) is 5.98. The Morgan fingerprint density at radius 3 is 1.77 bits per heavy atom. The van der Waals surface area contributed by atoms with Gasteiger partial charge in [0, 0.05) is 0 Å². The monoisotopic (exact) mass is 424 g/mol. The van der Waals surface area contributed by atoms with Gasteiger partial charge in [0.2, 0.25) is 0 Å². The molecule has 0 fully saturated rings. The second-order valence-corrected chi connectivity index (χ2v) is 10.2. The Labute approximate surface area is 168 Å². The number of nitrogens with one attached hydrogen (secondary N) is 2. The number of hydrogen-bond donors (Lipinski definition) is 2. The zero-order chi connectivity index (χ0) is 17.8. The van der Waals surface area contributed by atoms with Crippen LogP contribution in [0.25, 0.3) is 0 Å². The molecule has 2 aromatic rings. The van der Waals surface area contributed by atoms with Crippen molar-refractivity contribution in [2.24, 2.45) is 0 Å². The molecule has 2 atom stereocenters. The van der Waals surface area contributed by atoms with Crippen molar-refractivity contribution in [3.05, 3.63) is 48.5 Å². The summed E-state index contributed by atoms with van der Waals surface area (Å²) in [5.74, 6) is 2.79. The van der Waals surface area contributed by atoms with Gasteiger partial charge >= 0.3 is 6.03 Å². The largest absolute Gasteiger partial charge is 0.468 e. The van der Waals surface area contributed by atoms with Crippen LogP contribution in [0.15, 0.2) is 58.3 Å². The summed E-state index contributed by atoms with van der Waals surface area (Å²) in [5.41, 5.74) is 0. The second-order valence-electron chi connectivity index (χ2n) is 5.25. The highest BCUT2D eigenvalue weighted by Crippen LogP contribution is 2.45. The Morgan fingerprint density at radius 1 is 0.846 bits per heavy atom. The van der Waals surface area contributed by atoms with Gasteiger partial charge in [-0.3, -0.25) is 0 Å². The molecule has 0 saturated carbocycles. The van der Waals surface area contributed by atoms with E-state index in [0.29, 0.717) is 11.8 Å². The smallest absolute Gasteiger partial charge is 0.316 e. The maximum atomic E-state index is 11.9. The van der Waals surface area contributed by atoms with Crippen LogP contribution in [-0.2, 0) is 0 Å². The topological polar surface area (TPSA) is 59.6 Å². The van der Waals surface area contributed by atoms with Crippen LogP contribution in [0, 0.1) is 0 Å². The van der Waals surface area contributed by atoms with Crippen LogP contribution in [0.1, 0.15) is 0 Å². The number of benzene rings is 2. The molecule has 2 aliphatic rings. The van der Waals surface area contributed by atoms with Crippen LogP contribution in [0.3, 0.4) is 0 Å². The number of urea groups is 1. The van der Waals surface area contributed by atoms with Crippen LogP contribution in [0.4, 0.5) is 4.79 Å². The van der Waals surface area contributed by atoms with Gasteiger partial charge in [0.25, 0.3) is 0 Å². The number of amides is 2. The first-order valence-corrected chi connectivity index (χ1v) is 11.7. The van der Waals surface area contributed by atoms with E-state index in [1.165, 1.54) is 0 Å². The van der Waals surface area contributed by atoms with Gasteiger partial charge < -0.3 is 20.1 Å². The molecule has 136 valence electrons. The van der Waals surface area contributed by atoms with E-state index >= 15 is 0 Å². The third-order valence-electron chi connectivity index (χ3n) is 3.50. The summed E-state index contributed by atoms with van der Waals surface area (Å²) in [4.78, 5) is 14.2. The summed E-state index contributed by atoms with van der Waals surface area (Å²) in [7, 11) is 0. The minimum Gasteiger partial charge on any atom is -0.468 e. The average molecular weight is 425 g/mol. The van der Waals surface area contributed by atoms with Gasteiger partial charge in [0.05, 0.1) is 21.5 Å². The lowest BCUT2D eigenvalue weighted by Gasteiger charge is -2.12. The fourth-order valence-corrected chi connectivity index (χ4v) is 6.42. The predicted octanol–water partition coefficient (Wildman–Crippen LogP) is 4.60. The SMILES string of the molecule is O=C(NCSC1Oc2ccccc2S1)NCSC1Oc2ccccc2S1. The summed E-state index contributed by atoms with van der Waals surface area (Å²) in [6.45, 7) is 0. The highest BCUT2D eigenvalue weighted by atomic mass is 32.2. The van der Waals surface area contributed by atoms with Crippen molar-refractivity contribution in [2.75, 3.05) is 11.8 Å². The van der Waals surface area contributed by atoms with Gasteiger partial charge in [-0.25, -0.2) is 4.79 Å². The normalized spacial score (nSPS) is 19.8. The summed E-state index contributed by atoms with van der Waals surface area (Å²) < 4.78 is 11.5. The molecule has 2 unspecified atom stereocenters. The third kappa shape index (κ3) is 4.51. The highest BCUT2D eigenvalue weighted by molar-refractivity contribution is 8.17. The van der Waals surface area contributed by atoms with E-state index in [9.17, 15) is 4.79 Å². The molecule has 0 aliphatic carbocycles. The maximum absolute atomic E-state index is 11.9. The number of carbonyl (C=O) groups is 1. The average Bonchev–Trinajstić information content (AvgIpc) is 3.24. The number of para-hydroxylation sites is 2. The molecule has 0 aromatic heterocycles. The third-order valence-corrected chi connectivity index (χ3v) is 8.01. The molecule has 0 bridgehead atoms. The molecule has 4 rings (SSSR count). The molecule has 5 nitrogen and oxygen atoms in total. The zero-order valence-corrected chi connectivity index (χ0v) is 16.8. The highest BCUT2D eigenvalue weighted by Gasteiger charge is 2.24. The molecule has 26 heavy (non-hydrogen) atoms. The Morgan fingerprint density at radius 2 is 1.31 bits per heavy atom. The van der Waals surface area contributed by atoms with E-state index < -0.39 is 0 Å². The van der Waals surface area contributed by atoms with Crippen LogP contribution >= 0.6 is 47.0 Å². The molecule has 0 spiro atoms. The van der Waals surface area contributed by atoms with Crippen LogP contribution in [-0.4, -0.2) is 27.3 Å². The van der Waals surface area contributed by atoms with E-state index in [-0.39, 0.29) is 15.6 Å². The number of thioether (sulfide) groups is 4. The first kappa shape index (κ1) is 18.1. The van der Waals surface area contributed by atoms with E-state index in [4.69, 9.17) is 9.47 Å². The molecule has 2 aliphatic heterocycles. The molecule has 2 N–H and O–H groups in total. The lowest BCUT2D eigenvalue weighted by molar-refractivity contribution is 0.244. The number of ether oxygens (including phenoxy) is 2. The van der Waals surface area contributed by atoms with E-state index in [2.05, 4.69) is 10.6 Å². The zero-order valence-electron chi connectivity index (χ0n) is 13.5. The van der Waals surface area contributed by atoms with Gasteiger partial charge in [0.15, 0.2) is 9.54 Å². The number of carbonyl (C=O) groups excluding carboxylic acids is 1. The van der Waals surface area contributed by atoms with Crippen molar-refractivity contribution in [3.8, 4) is 11.5 Å². The number of hydrogen-bond acceptors (Lipinski definition) is 7. The van der Waals surface area contributed by atoms with E-state index in [0.717, 1.165) is 21.3 Å². The molecular weight excluding hydrogens is 408 g/mol. The molecule has 9 heteroatoms. The molecule has 2 heterocycles. The number of fused-ring (bicyclic) bond motifs is 2. The minimum atomic E-state index is -0.189. The summed E-state index contributed by atoms with van der Waals surface area (Å²) in [6, 6.07) is 15.7. The number of rotatable bonds is 6. The molecule has 2 aromatic carbocycles. The predicted molar refractivity (Wildman–Crippen MR) is 110 cm³/mol. The minimum absolute atomic E-state index is 0.0242. The Balaban J connectivity index is 1.10. The van der Waals surface area contributed by atoms with Crippen molar-refractivity contribution in [2.45, 2.75) is 19.3 Å². The summed E-state index contributed by atoms with van der Waals surface area (Å²) in [5, 5.41) is 5.67. The van der Waals surface area contributed by atoms with Gasteiger partial charge in [0.1, 0.15) is 11.5 Å². The van der Waals surface area contributed by atoms with Crippen molar-refractivity contribution in [1.29, 1.82) is 0 Å². The first-order chi connectivity index (χ1) is 12.8. The van der Waals surface area contributed by atoms with Gasteiger partial charge in [-0.15, -0.1) is 0 Å². The van der Waals surface area contributed by atoms with E-state index in [1.807, 2.05) is 48.5 Å². The quantitative estimate of drug-likeness (QED) is 0.657. The van der Waals surface area contributed by atoms with Crippen LogP contribution in [0.5, 0.6) is 11.5 Å². The molecule has 0 radical (unpaired) electrons. The fourth-order valence-electron chi connectivity index (χ4n) is 2.30. The fraction of sp³-hybridized carbons (Fsp3) is 0.235. The maximum Gasteiger partial charge on any atom is 0.316 e. The lowest BCUT2D eigenvalue weighted by Crippen LogP contribution is -2.35. The van der Waals surface area contributed by atoms with Gasteiger partial charge in [-0.05, 0) is 24.3 Å². The second kappa shape index (κ2) is 8.60.